The van der Waals surface area contributed by atoms with E-state index in [4.69, 9.17) is 10.5 Å². The quantitative estimate of drug-likeness (QED) is 0.149. The van der Waals surface area contributed by atoms with Crippen molar-refractivity contribution >= 4 is 16.7 Å². The average molecular weight is 725 g/mol. The topological polar surface area (TPSA) is 167 Å². The largest absolute Gasteiger partial charge is 0.417 e. The van der Waals surface area contributed by atoms with Crippen LogP contribution in [0.15, 0.2) is 34.9 Å². The predicted octanol–water partition coefficient (Wildman–Crippen LogP) is 8.29. The molecule has 1 saturated carbocycles. The van der Waals surface area contributed by atoms with Crippen LogP contribution in [0.1, 0.15) is 50.1 Å². The molecule has 0 aliphatic heterocycles. The number of hydrogen-bond acceptors (Lipinski definition) is 7. The maximum atomic E-state index is 15.6. The van der Waals surface area contributed by atoms with Crippen LogP contribution < -0.4 is 0 Å². The van der Waals surface area contributed by atoms with Gasteiger partial charge in [-0.3, -0.25) is 0 Å². The van der Waals surface area contributed by atoms with Crippen LogP contribution in [0.3, 0.4) is 0 Å². The lowest BCUT2D eigenvalue weighted by molar-refractivity contribution is -0.143. The second-order valence-corrected chi connectivity index (χ2v) is 9.89. The Kier molecular flexibility index (Phi) is 9.37. The molecule has 0 saturated heterocycles. The minimum atomic E-state index is -5.73. The molecule has 0 N–H and O–H groups in total. The maximum Gasteiger partial charge on any atom is 0.417 e. The van der Waals surface area contributed by atoms with Crippen LogP contribution in [0.2, 0.25) is 0 Å². The van der Waals surface area contributed by atoms with E-state index in [2.05, 4.69) is 0 Å². The van der Waals surface area contributed by atoms with E-state index in [1.54, 1.807) is 0 Å². The summed E-state index contributed by atoms with van der Waals surface area (Å²) in [5, 5.41) is 66.9. The Bertz CT molecular complexity index is 2420. The second-order valence-electron chi connectivity index (χ2n) is 9.89. The molecule has 1 fully saturated rings. The number of benzene rings is 3. The third-order valence-corrected chi connectivity index (χ3v) is 7.29. The fraction of sp³-hybridized carbons (Fsp3) is 0.0606. The van der Waals surface area contributed by atoms with Crippen molar-refractivity contribution < 1.29 is 52.7 Å². The Hall–Kier alpha value is -7.53. The zero-order chi connectivity index (χ0) is 39.2. The van der Waals surface area contributed by atoms with Gasteiger partial charge in [-0.1, -0.05) is 6.07 Å². The molecule has 7 nitrogen and oxygen atoms in total. The van der Waals surface area contributed by atoms with Crippen molar-refractivity contribution in [3.8, 4) is 42.5 Å². The molecule has 0 atom stereocenters. The van der Waals surface area contributed by atoms with Gasteiger partial charge in [0.05, 0.1) is 39.0 Å². The van der Waals surface area contributed by atoms with Crippen molar-refractivity contribution in [3.05, 3.63) is 120 Å². The molecule has 3 aromatic rings. The fourth-order valence-corrected chi connectivity index (χ4v) is 5.12. The summed E-state index contributed by atoms with van der Waals surface area (Å²) in [6.45, 7) is 0. The number of hydrogen-bond donors (Lipinski definition) is 0. The zero-order valence-corrected chi connectivity index (χ0v) is 24.4. The lowest BCUT2D eigenvalue weighted by atomic mass is 9.92. The van der Waals surface area contributed by atoms with Gasteiger partial charge in [-0.25, -0.2) is 26.3 Å². The van der Waals surface area contributed by atoms with E-state index in [0.717, 1.165) is 42.5 Å². The molecule has 0 heterocycles. The van der Waals surface area contributed by atoms with Gasteiger partial charge in [0.25, 0.3) is 0 Å². The van der Waals surface area contributed by atoms with E-state index in [0.29, 0.717) is 0 Å². The summed E-state index contributed by atoms with van der Waals surface area (Å²) in [6, 6.07) is 7.23. The van der Waals surface area contributed by atoms with E-state index in [-0.39, 0.29) is 18.2 Å². The molecule has 1 aliphatic carbocycles. The standard InChI is InChI=1S/C33H3F12N7/c34-26-11(4-46)13(6-48)28(36)30(38)24(26)16(9-51)22-21(15(8-50)20-18(32(40,41)42)2-1-3-19(20)33(43,44)45)23(22)17(10-52)25-27(35)12(5-47)14(7-49)29(37)31(25)39/h1-3H/b21-15-,22-16?,23-17-. The number of nitriles is 7. The fourth-order valence-electron chi connectivity index (χ4n) is 5.12. The highest BCUT2D eigenvalue weighted by Gasteiger charge is 2.48. The van der Waals surface area contributed by atoms with Crippen molar-refractivity contribution in [2.24, 2.45) is 0 Å². The zero-order valence-electron chi connectivity index (χ0n) is 24.4. The molecule has 0 amide bonds. The van der Waals surface area contributed by atoms with Crippen molar-refractivity contribution in [3.63, 3.8) is 0 Å². The van der Waals surface area contributed by atoms with E-state index in [1.807, 2.05) is 0 Å². The van der Waals surface area contributed by atoms with Crippen molar-refractivity contribution in [2.45, 2.75) is 12.4 Å². The first-order chi connectivity index (χ1) is 24.3. The number of alkyl halides is 6. The first kappa shape index (κ1) is 37.3. The van der Waals surface area contributed by atoms with Crippen LogP contribution in [0, 0.1) is 114 Å². The van der Waals surface area contributed by atoms with Gasteiger partial charge in [0.15, 0.2) is 34.9 Å². The van der Waals surface area contributed by atoms with Gasteiger partial charge < -0.3 is 0 Å². The van der Waals surface area contributed by atoms with Crippen LogP contribution in [-0.4, -0.2) is 0 Å². The highest BCUT2D eigenvalue weighted by atomic mass is 19.4. The third-order valence-electron chi connectivity index (χ3n) is 7.29. The molecule has 19 heteroatoms. The van der Waals surface area contributed by atoms with Crippen LogP contribution in [0.5, 0.6) is 0 Å². The van der Waals surface area contributed by atoms with Crippen LogP contribution in [0.4, 0.5) is 52.7 Å². The highest BCUT2D eigenvalue weighted by Crippen LogP contribution is 2.58. The molecule has 0 spiro atoms. The summed E-state index contributed by atoms with van der Waals surface area (Å²) in [5.74, 6) is -14.0. The van der Waals surface area contributed by atoms with Crippen molar-refractivity contribution in [1.29, 1.82) is 36.8 Å². The number of halogens is 12. The summed E-state index contributed by atoms with van der Waals surface area (Å²) >= 11 is 0. The van der Waals surface area contributed by atoms with Crippen LogP contribution in [0.25, 0.3) is 16.7 Å². The lowest BCUT2D eigenvalue weighted by Gasteiger charge is -2.18. The number of nitrogens with zero attached hydrogens (tertiary/aromatic N) is 7. The molecule has 254 valence electrons. The molecule has 0 radical (unpaired) electrons. The Morgan fingerprint density at radius 2 is 0.673 bits per heavy atom. The van der Waals surface area contributed by atoms with Gasteiger partial charge in [0, 0.05) is 22.3 Å². The first-order valence-corrected chi connectivity index (χ1v) is 13.1. The van der Waals surface area contributed by atoms with Gasteiger partial charge >= 0.3 is 12.4 Å². The molecule has 4 rings (SSSR count). The molecule has 0 unspecified atom stereocenters. The molecular weight excluding hydrogens is 722 g/mol. The van der Waals surface area contributed by atoms with E-state index < -0.39 is 131 Å². The normalized spacial score (nSPS) is 15.1. The maximum absolute atomic E-state index is 15.6. The summed E-state index contributed by atoms with van der Waals surface area (Å²) in [4.78, 5) is 0. The minimum Gasteiger partial charge on any atom is -0.205 e. The Balaban J connectivity index is 2.45. The van der Waals surface area contributed by atoms with Crippen molar-refractivity contribution in [2.75, 3.05) is 0 Å². The predicted molar refractivity (Wildman–Crippen MR) is 146 cm³/mol. The molecule has 0 bridgehead atoms. The van der Waals surface area contributed by atoms with Crippen molar-refractivity contribution in [1.82, 2.24) is 0 Å². The van der Waals surface area contributed by atoms with Crippen LogP contribution >= 0.6 is 0 Å². The molecule has 3 aromatic carbocycles. The summed E-state index contributed by atoms with van der Waals surface area (Å²) in [6.07, 6.45) is -11.5. The van der Waals surface area contributed by atoms with E-state index in [1.165, 1.54) is 0 Å². The number of allylic oxidation sites excluding steroid dienone is 6. The molecule has 1 aliphatic rings. The number of rotatable bonds is 3. The summed E-state index contributed by atoms with van der Waals surface area (Å²) in [7, 11) is 0. The third kappa shape index (κ3) is 5.57. The van der Waals surface area contributed by atoms with Gasteiger partial charge in [-0.15, -0.1) is 0 Å². The minimum absolute atomic E-state index is 0.0388. The first-order valence-electron chi connectivity index (χ1n) is 13.1. The van der Waals surface area contributed by atoms with Gasteiger partial charge in [0.1, 0.15) is 64.7 Å². The smallest absolute Gasteiger partial charge is 0.205 e. The van der Waals surface area contributed by atoms with Crippen LogP contribution in [-0.2, 0) is 12.4 Å². The second kappa shape index (κ2) is 13.1. The monoisotopic (exact) mass is 725 g/mol. The molecule has 52 heavy (non-hydrogen) atoms. The Labute approximate surface area is 281 Å². The Morgan fingerprint density at radius 3 is 0.923 bits per heavy atom. The van der Waals surface area contributed by atoms with Gasteiger partial charge in [-0.05, 0) is 12.1 Å². The SMILES string of the molecule is N#CC(=C1C(=C(\C#N)c2c(C(F)(F)F)cccc2C(F)(F)F)/C1=C(\C#N)c1c(F)c(F)c(C#N)c(C#N)c1F)c1c(F)c(F)c(C#N)c(C#N)c1F. The molecule has 0 aromatic heterocycles. The van der Waals surface area contributed by atoms with Gasteiger partial charge in [0.2, 0.25) is 0 Å². The highest BCUT2D eigenvalue weighted by molar-refractivity contribution is 6.12. The summed E-state index contributed by atoms with van der Waals surface area (Å²) in [5.41, 5.74) is -26.3. The summed E-state index contributed by atoms with van der Waals surface area (Å²) < 4.78 is 177. The van der Waals surface area contributed by atoms with E-state index in [9.17, 15) is 61.4 Å². The van der Waals surface area contributed by atoms with Gasteiger partial charge in [-0.2, -0.15) is 63.2 Å². The lowest BCUT2D eigenvalue weighted by Crippen LogP contribution is -2.16. The Morgan fingerprint density at radius 1 is 0.404 bits per heavy atom. The molecular formula is C33H3F12N7. The average Bonchev–Trinajstić information content (AvgIpc) is 3.80. The van der Waals surface area contributed by atoms with E-state index >= 15 is 17.6 Å².